The Morgan fingerprint density at radius 3 is 3.04 bits per heavy atom. The number of carbonyl (C=O) groups is 2. The van der Waals surface area contributed by atoms with E-state index in [0.717, 1.165) is 16.9 Å². The van der Waals surface area contributed by atoms with Crippen molar-refractivity contribution in [2.45, 2.75) is 19.4 Å². The molecule has 0 unspecified atom stereocenters. The normalized spacial score (nSPS) is 13.4. The van der Waals surface area contributed by atoms with Crippen molar-refractivity contribution in [3.8, 4) is 0 Å². The van der Waals surface area contributed by atoms with Gasteiger partial charge in [0.15, 0.2) is 11.5 Å². The largest absolute Gasteiger partial charge is 0.345 e. The minimum atomic E-state index is -0.178. The lowest BCUT2D eigenvalue weighted by atomic mass is 10.00. The third kappa shape index (κ3) is 2.60. The SMILES string of the molecule is O=C1CCc2cc(C(=O)NCc3nnc4ccccn34)ccc2N1. The van der Waals surface area contributed by atoms with Crippen LogP contribution in [0.3, 0.4) is 0 Å². The van der Waals surface area contributed by atoms with Crippen LogP contribution in [0.15, 0.2) is 42.6 Å². The molecule has 1 aliphatic rings. The molecule has 24 heavy (non-hydrogen) atoms. The highest BCUT2D eigenvalue weighted by molar-refractivity contribution is 5.97. The number of nitrogens with one attached hydrogen (secondary N) is 2. The molecule has 2 aromatic heterocycles. The highest BCUT2D eigenvalue weighted by Crippen LogP contribution is 2.23. The van der Waals surface area contributed by atoms with Crippen molar-refractivity contribution in [3.05, 3.63) is 59.5 Å². The molecule has 0 atom stereocenters. The number of pyridine rings is 1. The highest BCUT2D eigenvalue weighted by atomic mass is 16.2. The number of hydrogen-bond donors (Lipinski definition) is 2. The van der Waals surface area contributed by atoms with E-state index in [1.165, 1.54) is 0 Å². The Morgan fingerprint density at radius 1 is 1.21 bits per heavy atom. The maximum absolute atomic E-state index is 12.4. The van der Waals surface area contributed by atoms with Gasteiger partial charge in [0.05, 0.1) is 6.54 Å². The Morgan fingerprint density at radius 2 is 2.12 bits per heavy atom. The fraction of sp³-hybridized carbons (Fsp3) is 0.176. The predicted molar refractivity (Wildman–Crippen MR) is 87.5 cm³/mol. The van der Waals surface area contributed by atoms with Gasteiger partial charge in [0.25, 0.3) is 5.91 Å². The van der Waals surface area contributed by atoms with E-state index >= 15 is 0 Å². The average molecular weight is 321 g/mol. The summed E-state index contributed by atoms with van der Waals surface area (Å²) in [5.74, 6) is 0.505. The standard InChI is InChI=1S/C17H15N5O2/c23-16-7-5-11-9-12(4-6-13(11)19-16)17(24)18-10-15-21-20-14-3-1-2-8-22(14)15/h1-4,6,8-9H,5,7,10H2,(H,18,24)(H,19,23). The number of aryl methyl sites for hydroxylation is 1. The van der Waals surface area contributed by atoms with E-state index in [0.29, 0.717) is 24.2 Å². The molecule has 120 valence electrons. The molecule has 7 nitrogen and oxygen atoms in total. The van der Waals surface area contributed by atoms with E-state index in [-0.39, 0.29) is 18.4 Å². The number of hydrogen-bond acceptors (Lipinski definition) is 4. The number of carbonyl (C=O) groups excluding carboxylic acids is 2. The summed E-state index contributed by atoms with van der Waals surface area (Å²) in [4.78, 5) is 23.8. The number of aromatic nitrogens is 3. The first-order valence-electron chi connectivity index (χ1n) is 7.70. The molecule has 1 aliphatic heterocycles. The van der Waals surface area contributed by atoms with Gasteiger partial charge in [-0.2, -0.15) is 0 Å². The van der Waals surface area contributed by atoms with E-state index in [1.807, 2.05) is 34.9 Å². The van der Waals surface area contributed by atoms with E-state index < -0.39 is 0 Å². The first-order valence-corrected chi connectivity index (χ1v) is 7.70. The molecule has 7 heteroatoms. The van der Waals surface area contributed by atoms with Gasteiger partial charge in [-0.15, -0.1) is 10.2 Å². The van der Waals surface area contributed by atoms with Gasteiger partial charge >= 0.3 is 0 Å². The molecule has 0 saturated carbocycles. The Balaban J connectivity index is 1.49. The number of fused-ring (bicyclic) bond motifs is 2. The van der Waals surface area contributed by atoms with Gasteiger partial charge in [0.1, 0.15) is 0 Å². The number of rotatable bonds is 3. The maximum Gasteiger partial charge on any atom is 0.251 e. The molecule has 0 spiro atoms. The molecule has 0 saturated heterocycles. The van der Waals surface area contributed by atoms with Gasteiger partial charge in [0, 0.05) is 23.9 Å². The van der Waals surface area contributed by atoms with Crippen LogP contribution in [0.4, 0.5) is 5.69 Å². The molecule has 0 aliphatic carbocycles. The molecule has 4 rings (SSSR count). The fourth-order valence-electron chi connectivity index (χ4n) is 2.80. The van der Waals surface area contributed by atoms with E-state index in [2.05, 4.69) is 20.8 Å². The van der Waals surface area contributed by atoms with Crippen molar-refractivity contribution in [1.82, 2.24) is 19.9 Å². The summed E-state index contributed by atoms with van der Waals surface area (Å²) < 4.78 is 1.84. The number of nitrogens with zero attached hydrogens (tertiary/aromatic N) is 3. The minimum absolute atomic E-state index is 0.0124. The zero-order valence-electron chi connectivity index (χ0n) is 12.8. The second-order valence-electron chi connectivity index (χ2n) is 5.65. The van der Waals surface area contributed by atoms with Gasteiger partial charge in [-0.25, -0.2) is 0 Å². The highest BCUT2D eigenvalue weighted by Gasteiger charge is 2.17. The Bertz CT molecular complexity index is 947. The van der Waals surface area contributed by atoms with Gasteiger partial charge in [-0.3, -0.25) is 14.0 Å². The van der Waals surface area contributed by atoms with Crippen molar-refractivity contribution in [1.29, 1.82) is 0 Å². The third-order valence-corrected chi connectivity index (χ3v) is 4.05. The van der Waals surface area contributed by atoms with Crippen LogP contribution in [0.5, 0.6) is 0 Å². The van der Waals surface area contributed by atoms with Crippen LogP contribution in [0.2, 0.25) is 0 Å². The third-order valence-electron chi connectivity index (χ3n) is 4.05. The quantitative estimate of drug-likeness (QED) is 0.766. The molecular formula is C17H15N5O2. The molecule has 0 fully saturated rings. The summed E-state index contributed by atoms with van der Waals surface area (Å²) in [7, 11) is 0. The van der Waals surface area contributed by atoms with E-state index in [9.17, 15) is 9.59 Å². The predicted octanol–water partition coefficient (Wildman–Crippen LogP) is 1.54. The molecule has 2 N–H and O–H groups in total. The van der Waals surface area contributed by atoms with Crippen molar-refractivity contribution < 1.29 is 9.59 Å². The lowest BCUT2D eigenvalue weighted by Gasteiger charge is -2.17. The monoisotopic (exact) mass is 321 g/mol. The molecular weight excluding hydrogens is 306 g/mol. The molecule has 2 amide bonds. The van der Waals surface area contributed by atoms with Gasteiger partial charge < -0.3 is 10.6 Å². The number of anilines is 1. The first-order chi connectivity index (χ1) is 11.7. The molecule has 3 heterocycles. The van der Waals surface area contributed by atoms with Crippen LogP contribution in [0, 0.1) is 0 Å². The number of amides is 2. The summed E-state index contributed by atoms with van der Waals surface area (Å²) in [5, 5.41) is 13.8. The van der Waals surface area contributed by atoms with Crippen LogP contribution in [-0.4, -0.2) is 26.4 Å². The summed E-state index contributed by atoms with van der Waals surface area (Å²) >= 11 is 0. The molecule has 3 aromatic rings. The fourth-order valence-corrected chi connectivity index (χ4v) is 2.80. The summed E-state index contributed by atoms with van der Waals surface area (Å²) in [6, 6.07) is 10.9. The van der Waals surface area contributed by atoms with Crippen LogP contribution < -0.4 is 10.6 Å². The first kappa shape index (κ1) is 14.4. The molecule has 0 radical (unpaired) electrons. The topological polar surface area (TPSA) is 88.4 Å². The van der Waals surface area contributed by atoms with Crippen molar-refractivity contribution in [2.75, 3.05) is 5.32 Å². The second kappa shape index (κ2) is 5.77. The van der Waals surface area contributed by atoms with Crippen LogP contribution >= 0.6 is 0 Å². The summed E-state index contributed by atoms with van der Waals surface area (Å²) in [5.41, 5.74) is 3.08. The number of benzene rings is 1. The minimum Gasteiger partial charge on any atom is -0.345 e. The van der Waals surface area contributed by atoms with Crippen LogP contribution in [-0.2, 0) is 17.8 Å². The smallest absolute Gasteiger partial charge is 0.251 e. The van der Waals surface area contributed by atoms with Crippen molar-refractivity contribution >= 4 is 23.1 Å². The maximum atomic E-state index is 12.4. The molecule has 1 aromatic carbocycles. The lowest BCUT2D eigenvalue weighted by molar-refractivity contribution is -0.116. The Kier molecular flexibility index (Phi) is 3.45. The van der Waals surface area contributed by atoms with Gasteiger partial charge in [-0.05, 0) is 42.3 Å². The van der Waals surface area contributed by atoms with Crippen LogP contribution in [0.25, 0.3) is 5.65 Å². The zero-order chi connectivity index (χ0) is 16.5. The lowest BCUT2D eigenvalue weighted by Crippen LogP contribution is -2.25. The van der Waals surface area contributed by atoms with E-state index in [1.54, 1.807) is 12.1 Å². The van der Waals surface area contributed by atoms with Gasteiger partial charge in [-0.1, -0.05) is 6.07 Å². The Hall–Kier alpha value is -3.22. The van der Waals surface area contributed by atoms with E-state index in [4.69, 9.17) is 0 Å². The summed E-state index contributed by atoms with van der Waals surface area (Å²) in [6.45, 7) is 0.290. The summed E-state index contributed by atoms with van der Waals surface area (Å²) in [6.07, 6.45) is 2.96. The molecule has 0 bridgehead atoms. The van der Waals surface area contributed by atoms with Crippen LogP contribution in [0.1, 0.15) is 28.2 Å². The van der Waals surface area contributed by atoms with Crippen molar-refractivity contribution in [2.24, 2.45) is 0 Å². The average Bonchev–Trinajstić information content (AvgIpc) is 3.02. The van der Waals surface area contributed by atoms with Gasteiger partial charge in [0.2, 0.25) is 5.91 Å². The second-order valence-corrected chi connectivity index (χ2v) is 5.65. The zero-order valence-corrected chi connectivity index (χ0v) is 12.8. The Labute approximate surface area is 137 Å². The van der Waals surface area contributed by atoms with Crippen molar-refractivity contribution in [3.63, 3.8) is 0 Å².